The average molecular weight is 420 g/mol. The molecule has 1 saturated heterocycles. The van der Waals surface area contributed by atoms with Crippen LogP contribution >= 0.6 is 0 Å². The van der Waals surface area contributed by atoms with Gasteiger partial charge in [-0.15, -0.1) is 0 Å². The minimum Gasteiger partial charge on any atom is -0.443 e. The van der Waals surface area contributed by atoms with E-state index in [-0.39, 0.29) is 10.9 Å². The molecule has 0 N–H and O–H groups in total. The van der Waals surface area contributed by atoms with E-state index in [1.807, 2.05) is 51.1 Å². The number of carbonyl (C=O) groups is 2. The van der Waals surface area contributed by atoms with Gasteiger partial charge in [0.2, 0.25) is 5.91 Å². The maximum Gasteiger partial charge on any atom is 0.417 e. The van der Waals surface area contributed by atoms with Crippen LogP contribution in [0.15, 0.2) is 30.3 Å². The highest BCUT2D eigenvalue weighted by molar-refractivity contribution is 6.74. The smallest absolute Gasteiger partial charge is 0.417 e. The average Bonchev–Trinajstić information content (AvgIpc) is 2.89. The first-order chi connectivity index (χ1) is 13.2. The Labute approximate surface area is 176 Å². The number of amides is 2. The molecule has 1 aromatic rings. The van der Waals surface area contributed by atoms with Gasteiger partial charge in [0.25, 0.3) is 0 Å². The van der Waals surface area contributed by atoms with Gasteiger partial charge in [-0.05, 0) is 57.3 Å². The van der Waals surface area contributed by atoms with Gasteiger partial charge in [-0.25, -0.2) is 9.69 Å². The lowest BCUT2D eigenvalue weighted by molar-refractivity contribution is -0.136. The molecule has 0 aliphatic carbocycles. The van der Waals surface area contributed by atoms with E-state index < -0.39 is 25.4 Å². The molecule has 1 heterocycles. The van der Waals surface area contributed by atoms with Crippen LogP contribution < -0.4 is 0 Å². The first-order valence-electron chi connectivity index (χ1n) is 10.4. The van der Waals surface area contributed by atoms with Crippen molar-refractivity contribution in [3.8, 4) is 0 Å². The summed E-state index contributed by atoms with van der Waals surface area (Å²) < 4.78 is 12.0. The van der Waals surface area contributed by atoms with Gasteiger partial charge >= 0.3 is 6.09 Å². The Kier molecular flexibility index (Phi) is 6.70. The number of rotatable bonds is 5. The Morgan fingerprint density at radius 3 is 2.21 bits per heavy atom. The van der Waals surface area contributed by atoms with Gasteiger partial charge in [-0.3, -0.25) is 4.79 Å². The summed E-state index contributed by atoms with van der Waals surface area (Å²) in [5.74, 6) is -0.186. The van der Waals surface area contributed by atoms with Crippen molar-refractivity contribution in [3.63, 3.8) is 0 Å². The second kappa shape index (κ2) is 8.23. The van der Waals surface area contributed by atoms with E-state index in [4.69, 9.17) is 9.16 Å². The molecular formula is C23H37NO4Si. The molecule has 1 aliphatic rings. The molecule has 0 unspecified atom stereocenters. The monoisotopic (exact) mass is 419 g/mol. The van der Waals surface area contributed by atoms with Crippen LogP contribution in [0.2, 0.25) is 18.1 Å². The summed E-state index contributed by atoms with van der Waals surface area (Å²) in [6, 6.07) is 9.96. The zero-order chi connectivity index (χ0) is 22.1. The van der Waals surface area contributed by atoms with Crippen LogP contribution in [0.1, 0.15) is 53.5 Å². The van der Waals surface area contributed by atoms with E-state index in [0.717, 1.165) is 5.56 Å². The van der Waals surface area contributed by atoms with Gasteiger partial charge in [0.15, 0.2) is 8.32 Å². The molecule has 1 fully saturated rings. The molecule has 1 atom stereocenters. The summed E-state index contributed by atoms with van der Waals surface area (Å²) in [7, 11) is -2.04. The van der Waals surface area contributed by atoms with E-state index >= 15 is 0 Å². The van der Waals surface area contributed by atoms with Crippen molar-refractivity contribution in [2.24, 2.45) is 5.41 Å². The maximum absolute atomic E-state index is 13.5. The molecule has 6 heteroatoms. The van der Waals surface area contributed by atoms with E-state index in [1.54, 1.807) is 0 Å². The van der Waals surface area contributed by atoms with Gasteiger partial charge in [0.05, 0.1) is 5.41 Å². The molecular weight excluding hydrogens is 382 g/mol. The Bertz CT molecular complexity index is 733. The number of carbonyl (C=O) groups excluding carboxylic acids is 2. The van der Waals surface area contributed by atoms with Gasteiger partial charge in [-0.1, -0.05) is 51.1 Å². The first kappa shape index (κ1) is 23.6. The molecule has 5 nitrogen and oxygen atoms in total. The van der Waals surface area contributed by atoms with Crippen molar-refractivity contribution in [2.75, 3.05) is 13.2 Å². The topological polar surface area (TPSA) is 55.8 Å². The molecule has 0 bridgehead atoms. The minimum absolute atomic E-state index is 0.0490. The van der Waals surface area contributed by atoms with Gasteiger partial charge < -0.3 is 9.16 Å². The summed E-state index contributed by atoms with van der Waals surface area (Å²) in [5, 5.41) is 0.0490. The maximum atomic E-state index is 13.5. The highest BCUT2D eigenvalue weighted by Gasteiger charge is 2.51. The molecule has 0 saturated carbocycles. The van der Waals surface area contributed by atoms with Crippen molar-refractivity contribution in [2.45, 2.75) is 78.1 Å². The molecule has 1 aliphatic heterocycles. The largest absolute Gasteiger partial charge is 0.443 e. The summed E-state index contributed by atoms with van der Waals surface area (Å²) in [6.07, 6.45) is 0.569. The molecule has 1 aromatic carbocycles. The van der Waals surface area contributed by atoms with Gasteiger partial charge in [-0.2, -0.15) is 0 Å². The Hall–Kier alpha value is -1.66. The minimum atomic E-state index is -2.04. The second-order valence-corrected chi connectivity index (χ2v) is 15.5. The van der Waals surface area contributed by atoms with Crippen LogP contribution in [-0.2, 0) is 20.4 Å². The van der Waals surface area contributed by atoms with Crippen LogP contribution in [0, 0.1) is 5.41 Å². The predicted molar refractivity (Wildman–Crippen MR) is 118 cm³/mol. The fraction of sp³-hybridized carbons (Fsp3) is 0.652. The fourth-order valence-electron chi connectivity index (χ4n) is 3.18. The van der Waals surface area contributed by atoms with Crippen LogP contribution in [0.4, 0.5) is 4.79 Å². The Morgan fingerprint density at radius 2 is 1.69 bits per heavy atom. The molecule has 0 radical (unpaired) electrons. The molecule has 2 amide bonds. The molecule has 162 valence electrons. The summed E-state index contributed by atoms with van der Waals surface area (Å²) in [6.45, 7) is 17.1. The third-order valence-electron chi connectivity index (χ3n) is 6.03. The number of imide groups is 1. The second-order valence-electron chi connectivity index (χ2n) is 10.7. The SMILES string of the molecule is CC(C)(C)OC(=O)N1CC[C@](CO[Si](C)(C)C(C)(C)C)(Cc2ccccc2)C1=O. The third-order valence-corrected chi connectivity index (χ3v) is 10.5. The molecule has 2 rings (SSSR count). The number of hydrogen-bond acceptors (Lipinski definition) is 4. The quantitative estimate of drug-likeness (QED) is 0.599. The lowest BCUT2D eigenvalue weighted by Crippen LogP contribution is -2.48. The van der Waals surface area contributed by atoms with Crippen molar-refractivity contribution in [1.29, 1.82) is 0 Å². The van der Waals surface area contributed by atoms with Crippen LogP contribution in [0.5, 0.6) is 0 Å². The molecule has 0 aromatic heterocycles. The first-order valence-corrected chi connectivity index (χ1v) is 13.3. The fourth-order valence-corrected chi connectivity index (χ4v) is 4.25. The highest BCUT2D eigenvalue weighted by Crippen LogP contribution is 2.41. The van der Waals surface area contributed by atoms with Gasteiger partial charge in [0.1, 0.15) is 5.60 Å². The van der Waals surface area contributed by atoms with Crippen molar-refractivity contribution < 1.29 is 18.8 Å². The van der Waals surface area contributed by atoms with Crippen molar-refractivity contribution >= 4 is 20.3 Å². The number of ether oxygens (including phenoxy) is 1. The number of hydrogen-bond donors (Lipinski definition) is 0. The number of nitrogens with zero attached hydrogens (tertiary/aromatic N) is 1. The highest BCUT2D eigenvalue weighted by atomic mass is 28.4. The standard InChI is InChI=1S/C23H37NO4Si/c1-21(2,3)28-20(26)24-15-14-23(19(24)25,16-18-12-10-9-11-13-18)17-27-29(7,8)22(4,5)6/h9-13H,14-17H2,1-8H3/t23-/m1/s1. The molecule has 0 spiro atoms. The van der Waals surface area contributed by atoms with E-state index in [0.29, 0.717) is 26.0 Å². The Balaban J connectivity index is 2.29. The summed E-state index contributed by atoms with van der Waals surface area (Å²) >= 11 is 0. The lowest BCUT2D eigenvalue weighted by atomic mass is 9.81. The third kappa shape index (κ3) is 5.69. The van der Waals surface area contributed by atoms with Crippen molar-refractivity contribution in [3.05, 3.63) is 35.9 Å². The van der Waals surface area contributed by atoms with E-state index in [1.165, 1.54) is 4.90 Å². The number of benzene rings is 1. The predicted octanol–water partition coefficient (Wildman–Crippen LogP) is 5.40. The summed E-state index contributed by atoms with van der Waals surface area (Å²) in [5.41, 5.74) is -0.307. The van der Waals surface area contributed by atoms with E-state index in [9.17, 15) is 9.59 Å². The zero-order valence-corrected chi connectivity index (χ0v) is 20.3. The number of likely N-dealkylation sites (tertiary alicyclic amines) is 1. The molecule has 29 heavy (non-hydrogen) atoms. The lowest BCUT2D eigenvalue weighted by Gasteiger charge is -2.39. The van der Waals surface area contributed by atoms with Crippen LogP contribution in [0.25, 0.3) is 0 Å². The van der Waals surface area contributed by atoms with Crippen molar-refractivity contribution in [1.82, 2.24) is 4.90 Å². The van der Waals surface area contributed by atoms with Gasteiger partial charge in [0, 0.05) is 13.2 Å². The normalized spacial score (nSPS) is 20.8. The summed E-state index contributed by atoms with van der Waals surface area (Å²) in [4.78, 5) is 27.4. The van der Waals surface area contributed by atoms with Crippen LogP contribution in [0.3, 0.4) is 0 Å². The van der Waals surface area contributed by atoms with Crippen LogP contribution in [-0.4, -0.2) is 44.0 Å². The zero-order valence-electron chi connectivity index (χ0n) is 19.3. The Morgan fingerprint density at radius 1 is 1.10 bits per heavy atom. The van der Waals surface area contributed by atoms with E-state index in [2.05, 4.69) is 33.9 Å².